The van der Waals surface area contributed by atoms with E-state index in [9.17, 15) is 4.79 Å². The first-order valence-corrected chi connectivity index (χ1v) is 17.8. The lowest BCUT2D eigenvalue weighted by molar-refractivity contribution is 0.0224. The van der Waals surface area contributed by atoms with Crippen LogP contribution in [0.25, 0.3) is 0 Å². The van der Waals surface area contributed by atoms with Gasteiger partial charge >= 0.3 is 5.97 Å². The van der Waals surface area contributed by atoms with E-state index >= 15 is 0 Å². The molecule has 0 saturated carbocycles. The molecule has 0 radical (unpaired) electrons. The molecule has 53 heavy (non-hydrogen) atoms. The molecule has 0 saturated heterocycles. The van der Waals surface area contributed by atoms with Crippen LogP contribution < -0.4 is 19.3 Å². The van der Waals surface area contributed by atoms with Crippen molar-refractivity contribution >= 4 is 40.1 Å². The highest BCUT2D eigenvalue weighted by Crippen LogP contribution is 2.58. The van der Waals surface area contributed by atoms with Gasteiger partial charge in [0.25, 0.3) is 0 Å². The Morgan fingerprint density at radius 2 is 1.00 bits per heavy atom. The molecule has 1 unspecified atom stereocenters. The van der Waals surface area contributed by atoms with Crippen molar-refractivity contribution in [2.75, 3.05) is 16.4 Å². The van der Waals surface area contributed by atoms with Crippen molar-refractivity contribution in [3.8, 4) is 17.2 Å². The molecule has 0 N–H and O–H groups in total. The van der Waals surface area contributed by atoms with Crippen LogP contribution in [0.3, 0.4) is 0 Å². The highest BCUT2D eigenvalue weighted by molar-refractivity contribution is 5.97. The lowest BCUT2D eigenvalue weighted by Gasteiger charge is -2.38. The van der Waals surface area contributed by atoms with Gasteiger partial charge in [-0.05, 0) is 105 Å². The minimum Gasteiger partial charge on any atom is -0.494 e. The van der Waals surface area contributed by atoms with Gasteiger partial charge in [-0.25, -0.2) is 4.79 Å². The number of aryl methyl sites for hydroxylation is 1. The van der Waals surface area contributed by atoms with Crippen LogP contribution in [0.4, 0.5) is 34.1 Å². The molecule has 2 heterocycles. The normalized spacial score (nSPS) is 15.1. The predicted octanol–water partition coefficient (Wildman–Crippen LogP) is 11.9. The van der Waals surface area contributed by atoms with Crippen LogP contribution in [0.2, 0.25) is 0 Å². The summed E-state index contributed by atoms with van der Waals surface area (Å²) in [4.78, 5) is 18.1. The zero-order valence-electron chi connectivity index (χ0n) is 29.4. The Hall–Kier alpha value is -6.79. The average Bonchev–Trinajstić information content (AvgIpc) is 3.49. The summed E-state index contributed by atoms with van der Waals surface area (Å²) in [6, 6.07) is 57.0. The van der Waals surface area contributed by atoms with Gasteiger partial charge in [0.1, 0.15) is 17.2 Å². The third-order valence-corrected chi connectivity index (χ3v) is 9.92. The van der Waals surface area contributed by atoms with Gasteiger partial charge in [-0.2, -0.15) is 0 Å². The monoisotopic (exact) mass is 692 g/mol. The summed E-state index contributed by atoms with van der Waals surface area (Å²) >= 11 is 0. The number of rotatable bonds is 8. The van der Waals surface area contributed by atoms with Crippen LogP contribution in [-0.2, 0) is 10.3 Å². The first-order chi connectivity index (χ1) is 26.0. The fraction of sp³-hybridized carbons (Fsp3) is 0.0851. The third kappa shape index (κ3) is 5.47. The van der Waals surface area contributed by atoms with Crippen LogP contribution in [0.15, 0.2) is 170 Å². The molecule has 7 aromatic carbocycles. The van der Waals surface area contributed by atoms with E-state index in [2.05, 4.69) is 95.6 Å². The van der Waals surface area contributed by atoms with Crippen molar-refractivity contribution in [2.45, 2.75) is 19.4 Å². The molecule has 1 atom stereocenters. The smallest absolute Gasteiger partial charge is 0.340 e. The van der Waals surface area contributed by atoms with E-state index in [0.29, 0.717) is 23.7 Å². The topological polar surface area (TPSA) is 51.2 Å². The molecular weight excluding hydrogens is 657 g/mol. The number of para-hydroxylation sites is 2. The minimum absolute atomic E-state index is 0.363. The quantitative estimate of drug-likeness (QED) is 0.148. The van der Waals surface area contributed by atoms with Crippen LogP contribution in [-0.4, -0.2) is 12.6 Å². The molecule has 2 aliphatic rings. The molecule has 0 aromatic heterocycles. The first-order valence-electron chi connectivity index (χ1n) is 17.8. The van der Waals surface area contributed by atoms with Gasteiger partial charge in [0.05, 0.1) is 12.2 Å². The van der Waals surface area contributed by atoms with E-state index in [4.69, 9.17) is 14.2 Å². The largest absolute Gasteiger partial charge is 0.494 e. The van der Waals surface area contributed by atoms with E-state index in [0.717, 1.165) is 56.6 Å². The number of carbonyl (C=O) groups is 1. The van der Waals surface area contributed by atoms with Gasteiger partial charge in [0.15, 0.2) is 5.60 Å². The molecule has 9 rings (SSSR count). The molecule has 6 nitrogen and oxygen atoms in total. The van der Waals surface area contributed by atoms with Crippen molar-refractivity contribution in [1.82, 2.24) is 0 Å². The summed E-state index contributed by atoms with van der Waals surface area (Å²) in [5.74, 6) is 1.66. The Morgan fingerprint density at radius 3 is 1.55 bits per heavy atom. The van der Waals surface area contributed by atoms with Crippen LogP contribution >= 0.6 is 0 Å². The fourth-order valence-electron chi connectivity index (χ4n) is 7.53. The summed E-state index contributed by atoms with van der Waals surface area (Å²) in [6.45, 7) is 4.66. The highest BCUT2D eigenvalue weighted by Gasteiger charge is 2.53. The summed E-state index contributed by atoms with van der Waals surface area (Å²) in [5, 5.41) is 0. The number of hydrogen-bond acceptors (Lipinski definition) is 6. The molecule has 0 aliphatic carbocycles. The molecule has 2 aliphatic heterocycles. The van der Waals surface area contributed by atoms with E-state index in [-0.39, 0.29) is 5.97 Å². The summed E-state index contributed by atoms with van der Waals surface area (Å²) in [5.41, 5.74) is 8.61. The van der Waals surface area contributed by atoms with Gasteiger partial charge in [-0.3, -0.25) is 0 Å². The average molecular weight is 693 g/mol. The Balaban J connectivity index is 1.23. The summed E-state index contributed by atoms with van der Waals surface area (Å²) < 4.78 is 19.2. The molecule has 258 valence electrons. The van der Waals surface area contributed by atoms with Gasteiger partial charge in [0.2, 0.25) is 0 Å². The van der Waals surface area contributed by atoms with Gasteiger partial charge in [0, 0.05) is 62.9 Å². The predicted molar refractivity (Wildman–Crippen MR) is 210 cm³/mol. The van der Waals surface area contributed by atoms with Crippen LogP contribution in [0.1, 0.15) is 39.5 Å². The number of carbonyl (C=O) groups excluding carboxylic acids is 1. The standard InChI is InChI=1S/C47H36N2O4/c1-3-51-39-26-22-36(23-27-39)49(34-14-8-5-9-15-34)38-25-29-43-45(31-38)52-44-30-37(48(33-12-6-4-7-13-33)35-20-18-32(2)19-21-35)24-28-42(44)47(43)41-17-11-10-16-40(41)46(50)53-47/h4-31H,3H2,1-2H3. The number of hydrogen-bond donors (Lipinski definition) is 0. The van der Waals surface area contributed by atoms with E-state index in [1.165, 1.54) is 5.56 Å². The lowest BCUT2D eigenvalue weighted by Crippen LogP contribution is -2.33. The summed E-state index contributed by atoms with van der Waals surface area (Å²) in [7, 11) is 0. The molecule has 6 heteroatoms. The van der Waals surface area contributed by atoms with Gasteiger partial charge < -0.3 is 24.0 Å². The Kier molecular flexibility index (Phi) is 7.93. The van der Waals surface area contributed by atoms with Crippen molar-refractivity contribution in [2.24, 2.45) is 0 Å². The lowest BCUT2D eigenvalue weighted by atomic mass is 9.77. The zero-order chi connectivity index (χ0) is 35.9. The second kappa shape index (κ2) is 13.1. The maximum atomic E-state index is 13.7. The van der Waals surface area contributed by atoms with E-state index in [1.807, 2.05) is 97.9 Å². The molecule has 0 amide bonds. The van der Waals surface area contributed by atoms with E-state index in [1.54, 1.807) is 0 Å². The van der Waals surface area contributed by atoms with Gasteiger partial charge in [-0.1, -0.05) is 72.3 Å². The highest BCUT2D eigenvalue weighted by atomic mass is 16.6. The number of ether oxygens (including phenoxy) is 3. The van der Waals surface area contributed by atoms with Crippen molar-refractivity contribution in [3.63, 3.8) is 0 Å². The maximum absolute atomic E-state index is 13.7. The van der Waals surface area contributed by atoms with Crippen molar-refractivity contribution in [1.29, 1.82) is 0 Å². The van der Waals surface area contributed by atoms with Crippen molar-refractivity contribution in [3.05, 3.63) is 198 Å². The Labute approximate surface area is 309 Å². The maximum Gasteiger partial charge on any atom is 0.340 e. The number of esters is 1. The second-order valence-corrected chi connectivity index (χ2v) is 13.2. The third-order valence-electron chi connectivity index (χ3n) is 9.92. The summed E-state index contributed by atoms with van der Waals surface area (Å²) in [6.07, 6.45) is 0. The molecule has 0 bridgehead atoms. The molecule has 7 aromatic rings. The number of nitrogens with zero attached hydrogens (tertiary/aromatic N) is 2. The zero-order valence-corrected chi connectivity index (χ0v) is 29.4. The van der Waals surface area contributed by atoms with Gasteiger partial charge in [-0.15, -0.1) is 0 Å². The molecular formula is C47H36N2O4. The minimum atomic E-state index is -1.20. The first kappa shape index (κ1) is 32.1. The van der Waals surface area contributed by atoms with Crippen LogP contribution in [0, 0.1) is 6.92 Å². The van der Waals surface area contributed by atoms with Crippen LogP contribution in [0.5, 0.6) is 17.2 Å². The number of benzene rings is 7. The number of anilines is 6. The fourth-order valence-corrected chi connectivity index (χ4v) is 7.53. The number of fused-ring (bicyclic) bond motifs is 6. The van der Waals surface area contributed by atoms with E-state index < -0.39 is 5.60 Å². The molecule has 1 spiro atoms. The SMILES string of the molecule is CCOc1ccc(N(c2ccccc2)c2ccc3c(c2)Oc2cc(N(c4ccccc4)c4ccc(C)cc4)ccc2C32OC(=O)c3ccccc32)cc1. The Morgan fingerprint density at radius 1 is 0.528 bits per heavy atom. The second-order valence-electron chi connectivity index (χ2n) is 13.2. The molecule has 0 fully saturated rings. The van der Waals surface area contributed by atoms with Crippen molar-refractivity contribution < 1.29 is 19.0 Å². The Bertz CT molecular complexity index is 2450.